The summed E-state index contributed by atoms with van der Waals surface area (Å²) >= 11 is 0. The lowest BCUT2D eigenvalue weighted by Crippen LogP contribution is -2.36. The molecule has 0 aliphatic carbocycles. The molecule has 1 N–H and O–H groups in total. The smallest absolute Gasteiger partial charge is 0.0366 e. The monoisotopic (exact) mass is 262 g/mol. The van der Waals surface area contributed by atoms with Crippen molar-refractivity contribution in [2.45, 2.75) is 46.6 Å². The van der Waals surface area contributed by atoms with Gasteiger partial charge in [0.1, 0.15) is 0 Å². The zero-order valence-corrected chi connectivity index (χ0v) is 13.0. The van der Waals surface area contributed by atoms with Crippen LogP contribution in [0.1, 0.15) is 40.5 Å². The molecule has 2 nitrogen and oxygen atoms in total. The molecule has 0 saturated heterocycles. The molecular formula is C17H30N2. The van der Waals surface area contributed by atoms with E-state index in [-0.39, 0.29) is 0 Å². The summed E-state index contributed by atoms with van der Waals surface area (Å²) in [7, 11) is 0. The predicted octanol–water partition coefficient (Wildman–Crippen LogP) is 3.93. The van der Waals surface area contributed by atoms with Crippen molar-refractivity contribution in [1.29, 1.82) is 0 Å². The molecule has 0 radical (unpaired) electrons. The minimum atomic E-state index is 0.572. The molecule has 1 aromatic carbocycles. The molecular weight excluding hydrogens is 232 g/mol. The van der Waals surface area contributed by atoms with Gasteiger partial charge in [0.2, 0.25) is 0 Å². The van der Waals surface area contributed by atoms with Gasteiger partial charge in [-0.2, -0.15) is 0 Å². The Hall–Kier alpha value is -1.02. The number of nitrogens with zero attached hydrogens (tertiary/aromatic N) is 1. The van der Waals surface area contributed by atoms with Gasteiger partial charge in [-0.3, -0.25) is 0 Å². The van der Waals surface area contributed by atoms with Crippen molar-refractivity contribution in [1.82, 2.24) is 5.32 Å². The quantitative estimate of drug-likeness (QED) is 0.725. The number of anilines is 1. The Morgan fingerprint density at radius 3 is 2.37 bits per heavy atom. The molecule has 0 fully saturated rings. The lowest BCUT2D eigenvalue weighted by Gasteiger charge is -2.28. The molecule has 1 aromatic rings. The molecule has 19 heavy (non-hydrogen) atoms. The Balaban J connectivity index is 2.54. The van der Waals surface area contributed by atoms with Gasteiger partial charge >= 0.3 is 0 Å². The van der Waals surface area contributed by atoms with Crippen LogP contribution in [0.25, 0.3) is 0 Å². The maximum atomic E-state index is 3.53. The number of rotatable bonds is 9. The number of hydrogen-bond acceptors (Lipinski definition) is 2. The first-order valence-electron chi connectivity index (χ1n) is 7.66. The van der Waals surface area contributed by atoms with E-state index >= 15 is 0 Å². The minimum Gasteiger partial charge on any atom is -0.371 e. The average Bonchev–Trinajstić information content (AvgIpc) is 2.42. The lowest BCUT2D eigenvalue weighted by atomic mass is 10.1. The van der Waals surface area contributed by atoms with Crippen molar-refractivity contribution in [3.8, 4) is 0 Å². The van der Waals surface area contributed by atoms with E-state index in [0.29, 0.717) is 12.0 Å². The summed E-state index contributed by atoms with van der Waals surface area (Å²) < 4.78 is 0. The fraction of sp³-hybridized carbons (Fsp3) is 0.647. The summed E-state index contributed by atoms with van der Waals surface area (Å²) in [6.07, 6.45) is 2.52. The number of hydrogen-bond donors (Lipinski definition) is 1. The maximum Gasteiger partial charge on any atom is 0.0366 e. The van der Waals surface area contributed by atoms with Crippen LogP contribution < -0.4 is 10.2 Å². The molecule has 0 amide bonds. The third-order valence-corrected chi connectivity index (χ3v) is 3.31. The van der Waals surface area contributed by atoms with Gasteiger partial charge in [-0.25, -0.2) is 0 Å². The topological polar surface area (TPSA) is 15.3 Å². The number of unbranched alkanes of at least 4 members (excludes halogenated alkanes) is 1. The lowest BCUT2D eigenvalue weighted by molar-refractivity contribution is 0.470. The molecule has 2 heteroatoms. The van der Waals surface area contributed by atoms with Crippen LogP contribution in [0.3, 0.4) is 0 Å². The minimum absolute atomic E-state index is 0.572. The van der Waals surface area contributed by atoms with Crippen LogP contribution in [-0.4, -0.2) is 25.7 Å². The van der Waals surface area contributed by atoms with E-state index in [1.165, 1.54) is 18.5 Å². The molecule has 108 valence electrons. The molecule has 0 aromatic heterocycles. The van der Waals surface area contributed by atoms with E-state index in [0.717, 1.165) is 19.6 Å². The molecule has 0 aliphatic heterocycles. The van der Waals surface area contributed by atoms with Crippen molar-refractivity contribution >= 4 is 5.69 Å². The molecule has 0 saturated carbocycles. The third kappa shape index (κ3) is 6.63. The van der Waals surface area contributed by atoms with Crippen LogP contribution in [0, 0.1) is 5.92 Å². The van der Waals surface area contributed by atoms with Crippen molar-refractivity contribution in [3.63, 3.8) is 0 Å². The number of benzene rings is 1. The van der Waals surface area contributed by atoms with Gasteiger partial charge in [0, 0.05) is 24.8 Å². The van der Waals surface area contributed by atoms with E-state index in [1.807, 2.05) is 0 Å². The normalized spacial score (nSPS) is 12.7. The fourth-order valence-corrected chi connectivity index (χ4v) is 2.19. The molecule has 0 spiro atoms. The van der Waals surface area contributed by atoms with Crippen molar-refractivity contribution in [2.24, 2.45) is 5.92 Å². The Morgan fingerprint density at radius 1 is 1.11 bits per heavy atom. The summed E-state index contributed by atoms with van der Waals surface area (Å²) in [5.74, 6) is 0.666. The average molecular weight is 262 g/mol. The summed E-state index contributed by atoms with van der Waals surface area (Å²) in [4.78, 5) is 2.52. The van der Waals surface area contributed by atoms with Crippen LogP contribution in [0.2, 0.25) is 0 Å². The number of nitrogens with one attached hydrogen (secondary N) is 1. The van der Waals surface area contributed by atoms with Crippen molar-refractivity contribution in [2.75, 3.05) is 24.5 Å². The highest BCUT2D eigenvalue weighted by Gasteiger charge is 2.10. The van der Waals surface area contributed by atoms with Gasteiger partial charge < -0.3 is 10.2 Å². The summed E-state index contributed by atoms with van der Waals surface area (Å²) in [6, 6.07) is 11.4. The Morgan fingerprint density at radius 2 is 1.79 bits per heavy atom. The van der Waals surface area contributed by atoms with Crippen LogP contribution in [0.5, 0.6) is 0 Å². The highest BCUT2D eigenvalue weighted by molar-refractivity contribution is 5.45. The highest BCUT2D eigenvalue weighted by Crippen LogP contribution is 2.16. The van der Waals surface area contributed by atoms with E-state index in [4.69, 9.17) is 0 Å². The Kier molecular flexibility index (Phi) is 7.57. The van der Waals surface area contributed by atoms with Crippen molar-refractivity contribution in [3.05, 3.63) is 30.3 Å². The first kappa shape index (κ1) is 16.0. The first-order chi connectivity index (χ1) is 9.13. The zero-order valence-electron chi connectivity index (χ0n) is 13.0. The van der Waals surface area contributed by atoms with Crippen LogP contribution in [0.4, 0.5) is 5.69 Å². The van der Waals surface area contributed by atoms with E-state index in [2.05, 4.69) is 68.2 Å². The van der Waals surface area contributed by atoms with E-state index in [1.54, 1.807) is 0 Å². The fourth-order valence-electron chi connectivity index (χ4n) is 2.19. The summed E-state index contributed by atoms with van der Waals surface area (Å²) in [5, 5.41) is 3.53. The Labute approximate surface area is 119 Å². The second-order valence-corrected chi connectivity index (χ2v) is 5.80. The largest absolute Gasteiger partial charge is 0.371 e. The zero-order chi connectivity index (χ0) is 14.1. The predicted molar refractivity (Wildman–Crippen MR) is 85.9 cm³/mol. The highest BCUT2D eigenvalue weighted by atomic mass is 15.1. The molecule has 1 atom stereocenters. The van der Waals surface area contributed by atoms with Gasteiger partial charge in [-0.15, -0.1) is 0 Å². The first-order valence-corrected chi connectivity index (χ1v) is 7.66. The van der Waals surface area contributed by atoms with Crippen LogP contribution in [0.15, 0.2) is 30.3 Å². The van der Waals surface area contributed by atoms with Gasteiger partial charge in [0.25, 0.3) is 0 Å². The maximum absolute atomic E-state index is 3.53. The van der Waals surface area contributed by atoms with Gasteiger partial charge in [-0.05, 0) is 31.0 Å². The molecule has 1 unspecified atom stereocenters. The third-order valence-electron chi connectivity index (χ3n) is 3.31. The van der Waals surface area contributed by atoms with Crippen LogP contribution >= 0.6 is 0 Å². The SMILES string of the molecule is CCCCN(CC(C)CNC(C)C)c1ccccc1. The van der Waals surface area contributed by atoms with E-state index < -0.39 is 0 Å². The molecule has 1 rings (SSSR count). The molecule has 0 heterocycles. The van der Waals surface area contributed by atoms with Crippen molar-refractivity contribution < 1.29 is 0 Å². The Bertz CT molecular complexity index is 321. The summed E-state index contributed by atoms with van der Waals surface area (Å²) in [6.45, 7) is 12.4. The molecule has 0 aliphatic rings. The second-order valence-electron chi connectivity index (χ2n) is 5.80. The van der Waals surface area contributed by atoms with Gasteiger partial charge in [0.15, 0.2) is 0 Å². The van der Waals surface area contributed by atoms with Gasteiger partial charge in [-0.1, -0.05) is 52.3 Å². The van der Waals surface area contributed by atoms with Gasteiger partial charge in [0.05, 0.1) is 0 Å². The molecule has 0 bridgehead atoms. The number of para-hydroxylation sites is 1. The second kappa shape index (κ2) is 8.98. The standard InChI is InChI=1S/C17H30N2/c1-5-6-12-19(17-10-8-7-9-11-17)14-16(4)13-18-15(2)3/h7-11,15-16,18H,5-6,12-14H2,1-4H3. The van der Waals surface area contributed by atoms with E-state index in [9.17, 15) is 0 Å². The summed E-state index contributed by atoms with van der Waals surface area (Å²) in [5.41, 5.74) is 1.35. The van der Waals surface area contributed by atoms with Crippen LogP contribution in [-0.2, 0) is 0 Å².